The zero-order chi connectivity index (χ0) is 34.5. The topological polar surface area (TPSA) is 91.3 Å². The molecule has 3 aliphatic heterocycles. The van der Waals surface area contributed by atoms with Crippen molar-refractivity contribution in [2.24, 2.45) is 5.92 Å². The molecule has 0 spiro atoms. The van der Waals surface area contributed by atoms with Crippen molar-refractivity contribution in [3.63, 3.8) is 0 Å². The highest BCUT2D eigenvalue weighted by atomic mass is 32.2. The number of rotatable bonds is 12. The van der Waals surface area contributed by atoms with Gasteiger partial charge in [-0.1, -0.05) is 97.9 Å². The molecule has 3 aliphatic rings. The standard InChI is InChI=1S/C41H49N3O5S/c1-30-39(28-44-25-9-11-36(44)27-43-23-7-8-24-43)48-41(49-40(30)33-17-15-31(29-45)16-18-33)34-21-19-32(20-22-34)38-14-6-5-10-35(38)26-42-50(46,47)37-12-3-2-4-13-37/h2-6,10,12-22,30,36,39-42,45H,7-9,11,23-29H2,1H3/t30-,36+,39+,40+,41+/m1/s1. The summed E-state index contributed by atoms with van der Waals surface area (Å²) < 4.78 is 42.3. The molecule has 8 nitrogen and oxygen atoms in total. The molecule has 0 amide bonds. The van der Waals surface area contributed by atoms with E-state index in [0.29, 0.717) is 6.04 Å². The predicted molar refractivity (Wildman–Crippen MR) is 196 cm³/mol. The first kappa shape index (κ1) is 35.0. The fraction of sp³-hybridized carbons (Fsp3) is 0.415. The van der Waals surface area contributed by atoms with Gasteiger partial charge in [-0.25, -0.2) is 13.1 Å². The molecular formula is C41H49N3O5S. The van der Waals surface area contributed by atoms with Gasteiger partial charge in [0.15, 0.2) is 6.29 Å². The van der Waals surface area contributed by atoms with E-state index in [1.807, 2.05) is 36.4 Å². The Labute approximate surface area is 297 Å². The normalized spacial score (nSPS) is 24.9. The number of hydrogen-bond donors (Lipinski definition) is 2. The SMILES string of the molecule is C[C@@H]1[C@H](CN2CCC[C@H]2CN2CCCC2)O[C@H](c2ccc(-c3ccccc3CNS(=O)(=O)c3ccccc3)cc2)O[C@@H]1c1ccc(CO)cc1. The van der Waals surface area contributed by atoms with Gasteiger partial charge in [0.05, 0.1) is 23.7 Å². The third-order valence-electron chi connectivity index (χ3n) is 10.7. The van der Waals surface area contributed by atoms with Crippen molar-refractivity contribution in [3.05, 3.63) is 125 Å². The summed E-state index contributed by atoms with van der Waals surface area (Å²) in [4.78, 5) is 5.53. The van der Waals surface area contributed by atoms with Crippen LogP contribution in [0.1, 0.15) is 67.3 Å². The van der Waals surface area contributed by atoms with Crippen molar-refractivity contribution in [2.45, 2.75) is 75.2 Å². The molecule has 0 aliphatic carbocycles. The molecule has 9 heteroatoms. The Bertz CT molecular complexity index is 1800. The minimum absolute atomic E-state index is 0.0114. The Morgan fingerprint density at radius 1 is 0.780 bits per heavy atom. The van der Waals surface area contributed by atoms with Crippen molar-refractivity contribution in [1.82, 2.24) is 14.5 Å². The predicted octanol–water partition coefficient (Wildman–Crippen LogP) is 6.68. The molecule has 0 aromatic heterocycles. The quantitative estimate of drug-likeness (QED) is 0.171. The molecule has 50 heavy (non-hydrogen) atoms. The Kier molecular flexibility index (Phi) is 11.1. The lowest BCUT2D eigenvalue weighted by molar-refractivity contribution is -0.276. The van der Waals surface area contributed by atoms with E-state index in [4.69, 9.17) is 9.47 Å². The molecule has 0 unspecified atom stereocenters. The van der Waals surface area contributed by atoms with Crippen LogP contribution >= 0.6 is 0 Å². The fourth-order valence-electron chi connectivity index (χ4n) is 7.80. The molecule has 3 heterocycles. The molecule has 264 valence electrons. The van der Waals surface area contributed by atoms with E-state index in [2.05, 4.69) is 57.8 Å². The van der Waals surface area contributed by atoms with Crippen LogP contribution in [-0.2, 0) is 32.6 Å². The number of nitrogens with one attached hydrogen (secondary N) is 1. The molecule has 3 saturated heterocycles. The fourth-order valence-corrected chi connectivity index (χ4v) is 8.82. The summed E-state index contributed by atoms with van der Waals surface area (Å²) in [7, 11) is -3.64. The van der Waals surface area contributed by atoms with Gasteiger partial charge in [0, 0.05) is 37.2 Å². The van der Waals surface area contributed by atoms with Gasteiger partial charge in [0.2, 0.25) is 10.0 Å². The van der Waals surface area contributed by atoms with Gasteiger partial charge in [0.1, 0.15) is 0 Å². The first-order chi connectivity index (χ1) is 24.4. The summed E-state index contributed by atoms with van der Waals surface area (Å²) in [5.74, 6) is 0.130. The summed E-state index contributed by atoms with van der Waals surface area (Å²) in [6, 6.07) is 33.2. The maximum atomic E-state index is 12.9. The average molecular weight is 696 g/mol. The Morgan fingerprint density at radius 3 is 2.22 bits per heavy atom. The van der Waals surface area contributed by atoms with Crippen LogP contribution in [0, 0.1) is 5.92 Å². The van der Waals surface area contributed by atoms with Gasteiger partial charge in [-0.3, -0.25) is 4.90 Å². The maximum absolute atomic E-state index is 12.9. The smallest absolute Gasteiger partial charge is 0.240 e. The van der Waals surface area contributed by atoms with Crippen molar-refractivity contribution < 1.29 is 23.0 Å². The van der Waals surface area contributed by atoms with E-state index in [0.717, 1.165) is 53.0 Å². The largest absolute Gasteiger partial charge is 0.392 e. The molecule has 0 saturated carbocycles. The molecule has 4 aromatic carbocycles. The van der Waals surface area contributed by atoms with E-state index in [9.17, 15) is 13.5 Å². The van der Waals surface area contributed by atoms with Gasteiger partial charge in [-0.05, 0) is 85.3 Å². The van der Waals surface area contributed by atoms with E-state index >= 15 is 0 Å². The van der Waals surface area contributed by atoms with E-state index < -0.39 is 16.3 Å². The summed E-state index contributed by atoms with van der Waals surface area (Å²) >= 11 is 0. The van der Waals surface area contributed by atoms with E-state index in [1.165, 1.54) is 38.8 Å². The number of likely N-dealkylation sites (tertiary alicyclic amines) is 2. The third kappa shape index (κ3) is 8.05. The van der Waals surface area contributed by atoms with Crippen molar-refractivity contribution >= 4 is 10.0 Å². The Morgan fingerprint density at radius 2 is 1.48 bits per heavy atom. The Balaban J connectivity index is 1.10. The second-order valence-corrected chi connectivity index (χ2v) is 15.8. The number of sulfonamides is 1. The van der Waals surface area contributed by atoms with Crippen LogP contribution in [0.25, 0.3) is 11.1 Å². The summed E-state index contributed by atoms with van der Waals surface area (Å²) in [5.41, 5.74) is 5.76. The first-order valence-corrected chi connectivity index (χ1v) is 19.6. The zero-order valence-corrected chi connectivity index (χ0v) is 29.7. The lowest BCUT2D eigenvalue weighted by Gasteiger charge is -2.43. The van der Waals surface area contributed by atoms with Crippen LogP contribution in [0.15, 0.2) is 108 Å². The molecule has 0 radical (unpaired) electrons. The average Bonchev–Trinajstić information content (AvgIpc) is 3.84. The number of ether oxygens (including phenoxy) is 2. The van der Waals surface area contributed by atoms with Gasteiger partial charge in [-0.2, -0.15) is 0 Å². The number of aliphatic hydroxyl groups excluding tert-OH is 1. The van der Waals surface area contributed by atoms with Crippen LogP contribution in [0.2, 0.25) is 0 Å². The number of nitrogens with zero attached hydrogens (tertiary/aromatic N) is 2. The van der Waals surface area contributed by atoms with Crippen LogP contribution < -0.4 is 4.72 Å². The number of hydrogen-bond acceptors (Lipinski definition) is 7. The molecule has 2 N–H and O–H groups in total. The second kappa shape index (κ2) is 15.9. The number of benzene rings is 4. The van der Waals surface area contributed by atoms with Crippen LogP contribution in [-0.4, -0.2) is 68.2 Å². The molecule has 7 rings (SSSR count). The lowest BCUT2D eigenvalue weighted by atomic mass is 9.89. The lowest BCUT2D eigenvalue weighted by Crippen LogP contribution is -2.48. The monoisotopic (exact) mass is 695 g/mol. The third-order valence-corrected chi connectivity index (χ3v) is 12.1. The highest BCUT2D eigenvalue weighted by molar-refractivity contribution is 7.89. The van der Waals surface area contributed by atoms with Gasteiger partial charge >= 0.3 is 0 Å². The molecule has 4 aromatic rings. The summed E-state index contributed by atoms with van der Waals surface area (Å²) in [6.07, 6.45) is 4.35. The highest BCUT2D eigenvalue weighted by Gasteiger charge is 2.41. The summed E-state index contributed by atoms with van der Waals surface area (Å²) in [5, 5.41) is 9.65. The van der Waals surface area contributed by atoms with E-state index in [1.54, 1.807) is 30.3 Å². The van der Waals surface area contributed by atoms with Crippen LogP contribution in [0.3, 0.4) is 0 Å². The summed E-state index contributed by atoms with van der Waals surface area (Å²) in [6.45, 7) is 7.97. The zero-order valence-electron chi connectivity index (χ0n) is 28.9. The first-order valence-electron chi connectivity index (χ1n) is 18.1. The van der Waals surface area contributed by atoms with Gasteiger partial charge < -0.3 is 19.5 Å². The Hall–Kier alpha value is -3.41. The molecule has 3 fully saturated rings. The van der Waals surface area contributed by atoms with Gasteiger partial charge in [-0.15, -0.1) is 0 Å². The second-order valence-electron chi connectivity index (χ2n) is 14.0. The highest BCUT2D eigenvalue weighted by Crippen LogP contribution is 2.43. The van der Waals surface area contributed by atoms with Crippen molar-refractivity contribution in [2.75, 3.05) is 32.7 Å². The van der Waals surface area contributed by atoms with Crippen LogP contribution in [0.4, 0.5) is 0 Å². The maximum Gasteiger partial charge on any atom is 0.240 e. The number of aliphatic hydroxyl groups is 1. The van der Waals surface area contributed by atoms with Gasteiger partial charge in [0.25, 0.3) is 0 Å². The molecule has 5 atom stereocenters. The minimum atomic E-state index is -3.64. The molecular weight excluding hydrogens is 647 g/mol. The van der Waals surface area contributed by atoms with Crippen LogP contribution in [0.5, 0.6) is 0 Å². The minimum Gasteiger partial charge on any atom is -0.392 e. The van der Waals surface area contributed by atoms with Crippen molar-refractivity contribution in [1.29, 1.82) is 0 Å². The van der Waals surface area contributed by atoms with E-state index in [-0.39, 0.29) is 36.2 Å². The van der Waals surface area contributed by atoms with Crippen molar-refractivity contribution in [3.8, 4) is 11.1 Å². The molecule has 0 bridgehead atoms.